The van der Waals surface area contributed by atoms with E-state index in [0.29, 0.717) is 12.1 Å². The molecule has 0 radical (unpaired) electrons. The van der Waals surface area contributed by atoms with Gasteiger partial charge in [0.1, 0.15) is 11.5 Å². The molecule has 0 saturated heterocycles. The molecule has 1 aliphatic heterocycles. The van der Waals surface area contributed by atoms with Gasteiger partial charge in [0.15, 0.2) is 6.10 Å². The van der Waals surface area contributed by atoms with Gasteiger partial charge >= 0.3 is 0 Å². The van der Waals surface area contributed by atoms with E-state index in [0.717, 1.165) is 30.4 Å². The minimum absolute atomic E-state index is 0.206. The SMILES string of the molecule is O=C(NC1(c2ccc(F)cc2)CCC1)C1=NO[C@@H](c2ccccc2)C1. The quantitative estimate of drug-likeness (QED) is 0.921. The van der Waals surface area contributed by atoms with Crippen LogP contribution in [0, 0.1) is 5.82 Å². The molecule has 1 heterocycles. The minimum Gasteiger partial charge on any atom is -0.387 e. The maximum atomic E-state index is 13.2. The second kappa shape index (κ2) is 6.31. The standard InChI is InChI=1S/C20H19FN2O2/c21-16-9-7-15(8-10-16)20(11-4-12-20)22-19(24)17-13-18(25-23-17)14-5-2-1-3-6-14/h1-3,5-10,18H,4,11-13H2,(H,22,24)/t18-/m1/s1. The summed E-state index contributed by atoms with van der Waals surface area (Å²) in [7, 11) is 0. The Morgan fingerprint density at radius 3 is 2.48 bits per heavy atom. The average Bonchev–Trinajstić information content (AvgIpc) is 3.10. The Hall–Kier alpha value is -2.69. The summed E-state index contributed by atoms with van der Waals surface area (Å²) in [5.41, 5.74) is 1.93. The molecule has 128 valence electrons. The Kier molecular flexibility index (Phi) is 3.99. The van der Waals surface area contributed by atoms with Crippen molar-refractivity contribution in [1.29, 1.82) is 0 Å². The van der Waals surface area contributed by atoms with Crippen LogP contribution in [0.2, 0.25) is 0 Å². The van der Waals surface area contributed by atoms with Crippen LogP contribution in [0.5, 0.6) is 0 Å². The van der Waals surface area contributed by atoms with E-state index in [9.17, 15) is 9.18 Å². The predicted octanol–water partition coefficient (Wildman–Crippen LogP) is 3.84. The van der Waals surface area contributed by atoms with Gasteiger partial charge in [0.2, 0.25) is 0 Å². The number of nitrogens with zero attached hydrogens (tertiary/aromatic N) is 1. The number of halogens is 1. The largest absolute Gasteiger partial charge is 0.387 e. The highest BCUT2D eigenvalue weighted by Gasteiger charge is 2.41. The molecule has 1 saturated carbocycles. The molecule has 0 aromatic heterocycles. The van der Waals surface area contributed by atoms with Crippen molar-refractivity contribution < 1.29 is 14.0 Å². The van der Waals surface area contributed by atoms with Gasteiger partial charge in [0.05, 0.1) is 5.54 Å². The van der Waals surface area contributed by atoms with Gasteiger partial charge in [-0.25, -0.2) is 4.39 Å². The van der Waals surface area contributed by atoms with Crippen molar-refractivity contribution in [3.05, 3.63) is 71.5 Å². The number of hydrogen-bond donors (Lipinski definition) is 1. The average molecular weight is 338 g/mol. The van der Waals surface area contributed by atoms with Crippen LogP contribution in [0.1, 0.15) is 42.9 Å². The third-order valence-electron chi connectivity index (χ3n) is 5.06. The first-order valence-corrected chi connectivity index (χ1v) is 8.52. The Bertz CT molecular complexity index is 798. The molecule has 1 N–H and O–H groups in total. The Balaban J connectivity index is 1.46. The van der Waals surface area contributed by atoms with Gasteiger partial charge in [-0.05, 0) is 42.5 Å². The van der Waals surface area contributed by atoms with Crippen molar-refractivity contribution in [2.75, 3.05) is 0 Å². The number of benzene rings is 2. The van der Waals surface area contributed by atoms with Gasteiger partial charge in [-0.15, -0.1) is 0 Å². The highest BCUT2D eigenvalue weighted by atomic mass is 19.1. The van der Waals surface area contributed by atoms with Crippen LogP contribution in [-0.2, 0) is 15.2 Å². The minimum atomic E-state index is -0.419. The van der Waals surface area contributed by atoms with Gasteiger partial charge < -0.3 is 10.2 Å². The molecule has 25 heavy (non-hydrogen) atoms. The molecule has 1 amide bonds. The summed E-state index contributed by atoms with van der Waals surface area (Å²) >= 11 is 0. The Morgan fingerprint density at radius 2 is 1.84 bits per heavy atom. The van der Waals surface area contributed by atoms with E-state index in [4.69, 9.17) is 4.84 Å². The van der Waals surface area contributed by atoms with Crippen LogP contribution < -0.4 is 5.32 Å². The summed E-state index contributed by atoms with van der Waals surface area (Å²) in [6.45, 7) is 0. The number of oxime groups is 1. The van der Waals surface area contributed by atoms with Gasteiger partial charge in [0, 0.05) is 6.42 Å². The zero-order chi connectivity index (χ0) is 17.3. The van der Waals surface area contributed by atoms with E-state index < -0.39 is 5.54 Å². The molecule has 1 fully saturated rings. The van der Waals surface area contributed by atoms with Crippen LogP contribution in [-0.4, -0.2) is 11.6 Å². The maximum Gasteiger partial charge on any atom is 0.269 e. The molecule has 1 aliphatic carbocycles. The molecule has 1 atom stereocenters. The first-order valence-electron chi connectivity index (χ1n) is 8.52. The van der Waals surface area contributed by atoms with E-state index in [1.807, 2.05) is 30.3 Å². The highest BCUT2D eigenvalue weighted by molar-refractivity contribution is 6.39. The number of carbonyl (C=O) groups is 1. The number of nitrogens with one attached hydrogen (secondary N) is 1. The highest BCUT2D eigenvalue weighted by Crippen LogP contribution is 2.41. The van der Waals surface area contributed by atoms with Gasteiger partial charge in [-0.1, -0.05) is 47.6 Å². The zero-order valence-corrected chi connectivity index (χ0v) is 13.7. The van der Waals surface area contributed by atoms with Crippen LogP contribution in [0.15, 0.2) is 59.8 Å². The lowest BCUT2D eigenvalue weighted by molar-refractivity contribution is -0.118. The normalized spacial score (nSPS) is 21.0. The van der Waals surface area contributed by atoms with Crippen molar-refractivity contribution in [2.45, 2.75) is 37.3 Å². The third-order valence-corrected chi connectivity index (χ3v) is 5.06. The van der Waals surface area contributed by atoms with Gasteiger partial charge in [0.25, 0.3) is 5.91 Å². The summed E-state index contributed by atoms with van der Waals surface area (Å²) in [6, 6.07) is 16.1. The van der Waals surface area contributed by atoms with Crippen molar-refractivity contribution in [3.63, 3.8) is 0 Å². The van der Waals surface area contributed by atoms with Gasteiger partial charge in [-0.2, -0.15) is 0 Å². The van der Waals surface area contributed by atoms with E-state index in [1.165, 1.54) is 12.1 Å². The fourth-order valence-corrected chi connectivity index (χ4v) is 3.43. The first kappa shape index (κ1) is 15.8. The second-order valence-corrected chi connectivity index (χ2v) is 6.64. The molecule has 4 rings (SSSR count). The zero-order valence-electron chi connectivity index (χ0n) is 13.7. The van der Waals surface area contributed by atoms with E-state index >= 15 is 0 Å². The Labute approximate surface area is 145 Å². The van der Waals surface area contributed by atoms with Crippen molar-refractivity contribution in [1.82, 2.24) is 5.32 Å². The summed E-state index contributed by atoms with van der Waals surface area (Å²) in [5.74, 6) is -0.480. The van der Waals surface area contributed by atoms with E-state index in [2.05, 4.69) is 10.5 Å². The van der Waals surface area contributed by atoms with Crippen LogP contribution in [0.3, 0.4) is 0 Å². The number of carbonyl (C=O) groups excluding carboxylic acids is 1. The third kappa shape index (κ3) is 3.02. The van der Waals surface area contributed by atoms with Crippen molar-refractivity contribution in [2.24, 2.45) is 5.16 Å². The molecule has 2 aromatic rings. The van der Waals surface area contributed by atoms with E-state index in [-0.39, 0.29) is 17.8 Å². The number of hydrogen-bond acceptors (Lipinski definition) is 3. The van der Waals surface area contributed by atoms with Crippen LogP contribution >= 0.6 is 0 Å². The fraction of sp³-hybridized carbons (Fsp3) is 0.300. The van der Waals surface area contributed by atoms with Gasteiger partial charge in [-0.3, -0.25) is 4.79 Å². The Morgan fingerprint density at radius 1 is 1.12 bits per heavy atom. The molecule has 4 nitrogen and oxygen atoms in total. The van der Waals surface area contributed by atoms with Crippen molar-refractivity contribution in [3.8, 4) is 0 Å². The summed E-state index contributed by atoms with van der Waals surface area (Å²) < 4.78 is 13.2. The molecule has 0 unspecified atom stereocenters. The van der Waals surface area contributed by atoms with Crippen LogP contribution in [0.25, 0.3) is 0 Å². The molecule has 2 aliphatic rings. The number of rotatable bonds is 4. The lowest BCUT2D eigenvalue weighted by Gasteiger charge is -2.43. The van der Waals surface area contributed by atoms with E-state index in [1.54, 1.807) is 12.1 Å². The molecular weight excluding hydrogens is 319 g/mol. The summed E-state index contributed by atoms with van der Waals surface area (Å²) in [4.78, 5) is 18.1. The fourth-order valence-electron chi connectivity index (χ4n) is 3.43. The summed E-state index contributed by atoms with van der Waals surface area (Å²) in [5, 5.41) is 7.10. The molecular formula is C20H19FN2O2. The van der Waals surface area contributed by atoms with Crippen LogP contribution in [0.4, 0.5) is 4.39 Å². The first-order chi connectivity index (χ1) is 12.2. The lowest BCUT2D eigenvalue weighted by Crippen LogP contribution is -2.52. The molecule has 0 bridgehead atoms. The smallest absolute Gasteiger partial charge is 0.269 e. The topological polar surface area (TPSA) is 50.7 Å². The second-order valence-electron chi connectivity index (χ2n) is 6.64. The maximum absolute atomic E-state index is 13.2. The molecule has 2 aromatic carbocycles. The molecule has 5 heteroatoms. The molecule has 0 spiro atoms. The lowest BCUT2D eigenvalue weighted by atomic mass is 9.71. The summed E-state index contributed by atoms with van der Waals surface area (Å²) in [6.07, 6.45) is 2.97. The number of amides is 1. The van der Waals surface area contributed by atoms with Crippen molar-refractivity contribution >= 4 is 11.6 Å². The predicted molar refractivity (Wildman–Crippen MR) is 92.4 cm³/mol. The monoisotopic (exact) mass is 338 g/mol.